The van der Waals surface area contributed by atoms with Gasteiger partial charge in [0, 0.05) is 11.8 Å². The highest BCUT2D eigenvalue weighted by Gasteiger charge is 2.57. The average molecular weight is 330 g/mol. The van der Waals surface area contributed by atoms with Gasteiger partial charge in [-0.25, -0.2) is 0 Å². The first kappa shape index (κ1) is 17.6. The van der Waals surface area contributed by atoms with Crippen molar-refractivity contribution in [3.05, 3.63) is 23.8 Å². The monoisotopic (exact) mass is 330 g/mol. The summed E-state index contributed by atoms with van der Waals surface area (Å²) in [4.78, 5) is 20.5. The number of aldehydes is 1. The first-order valence-corrected chi connectivity index (χ1v) is 9.41. The number of carbonyl (C=O) groups excluding carboxylic acids is 2. The van der Waals surface area contributed by atoms with E-state index in [0.717, 1.165) is 55.8 Å². The van der Waals surface area contributed by atoms with Crippen molar-refractivity contribution in [1.29, 1.82) is 0 Å². The molecule has 4 aliphatic carbocycles. The van der Waals surface area contributed by atoms with Gasteiger partial charge in [-0.05, 0) is 80.8 Å². The second-order valence-electron chi connectivity index (χ2n) is 8.35. The fourth-order valence-electron chi connectivity index (χ4n) is 6.11. The lowest BCUT2D eigenvalue weighted by Gasteiger charge is -2.53. The third-order valence-electron chi connectivity index (χ3n) is 7.23. The number of ketones is 1. The molecule has 4 rings (SSSR count). The summed E-state index contributed by atoms with van der Waals surface area (Å²) in [5.41, 5.74) is 2.56. The second kappa shape index (κ2) is 6.59. The van der Waals surface area contributed by atoms with Crippen LogP contribution >= 0.6 is 0 Å². The first-order valence-electron chi connectivity index (χ1n) is 9.41. The van der Waals surface area contributed by atoms with Crippen LogP contribution in [0.3, 0.4) is 0 Å². The zero-order valence-corrected chi connectivity index (χ0v) is 15.0. The lowest BCUT2D eigenvalue weighted by molar-refractivity contribution is -0.116. The van der Waals surface area contributed by atoms with Gasteiger partial charge in [0.25, 0.3) is 0 Å². The van der Waals surface area contributed by atoms with E-state index in [9.17, 15) is 9.90 Å². The molecular weight excluding hydrogens is 300 g/mol. The molecule has 3 nitrogen and oxygen atoms in total. The average Bonchev–Trinajstić information content (AvgIpc) is 2.79. The highest BCUT2D eigenvalue weighted by Crippen LogP contribution is 2.62. The number of aliphatic hydroxyl groups excluding tert-OH is 1. The molecule has 0 saturated heterocycles. The summed E-state index contributed by atoms with van der Waals surface area (Å²) in [6.07, 6.45) is 9.90. The Kier molecular flexibility index (Phi) is 4.83. The third-order valence-corrected chi connectivity index (χ3v) is 7.23. The molecule has 0 aromatic rings. The number of hydrogen-bond acceptors (Lipinski definition) is 3. The molecule has 5 unspecified atom stereocenters. The lowest BCUT2D eigenvalue weighted by Crippen LogP contribution is -2.47. The van der Waals surface area contributed by atoms with E-state index in [-0.39, 0.29) is 11.5 Å². The number of carbonyl (C=O) groups is 2. The molecular formula is C21H30O3. The summed E-state index contributed by atoms with van der Waals surface area (Å²) in [7, 11) is 0. The Balaban J connectivity index is 0.000000526. The summed E-state index contributed by atoms with van der Waals surface area (Å²) < 4.78 is 0. The van der Waals surface area contributed by atoms with Gasteiger partial charge in [0.1, 0.15) is 6.29 Å². The Morgan fingerprint density at radius 1 is 1.25 bits per heavy atom. The third kappa shape index (κ3) is 2.71. The molecule has 0 heterocycles. The quantitative estimate of drug-likeness (QED) is 0.542. The van der Waals surface area contributed by atoms with Crippen molar-refractivity contribution in [2.45, 2.75) is 64.9 Å². The van der Waals surface area contributed by atoms with Gasteiger partial charge in [-0.1, -0.05) is 19.1 Å². The van der Waals surface area contributed by atoms with Crippen LogP contribution in [-0.4, -0.2) is 23.3 Å². The van der Waals surface area contributed by atoms with E-state index in [4.69, 9.17) is 4.79 Å². The lowest BCUT2D eigenvalue weighted by atomic mass is 9.52. The highest BCUT2D eigenvalue weighted by atomic mass is 16.3. The summed E-state index contributed by atoms with van der Waals surface area (Å²) in [5.74, 6) is 3.07. The predicted octanol–water partition coefficient (Wildman–Crippen LogP) is 3.86. The Morgan fingerprint density at radius 2 is 1.96 bits per heavy atom. The second-order valence-corrected chi connectivity index (χ2v) is 8.35. The molecule has 0 spiro atoms. The van der Waals surface area contributed by atoms with Crippen molar-refractivity contribution in [2.24, 2.45) is 29.1 Å². The molecule has 0 aliphatic heterocycles. The van der Waals surface area contributed by atoms with Gasteiger partial charge in [-0.3, -0.25) is 4.79 Å². The number of aliphatic hydroxyl groups is 1. The maximum Gasteiger partial charge on any atom is 0.155 e. The summed E-state index contributed by atoms with van der Waals surface area (Å²) in [6, 6.07) is 0. The fraction of sp³-hybridized carbons (Fsp3) is 0.714. The molecule has 0 radical (unpaired) electrons. The Bertz CT molecular complexity index is 576. The minimum atomic E-state index is -0.298. The standard InChI is InChI=1S/C19H26O2.C2H4O/c1-11-9-17-16-5-3-12-10-13(20)4-6-14(12)15(16)7-8-19(17,2)18(11)21;1-2-3/h10,14-18,21H,1,3-9H2,2H3;2H,1H3/t14?,15?,16?,17?,18-,19?;/m0./s1. The van der Waals surface area contributed by atoms with E-state index >= 15 is 0 Å². The normalized spacial score (nSPS) is 43.6. The van der Waals surface area contributed by atoms with Crippen LogP contribution in [0.1, 0.15) is 58.8 Å². The van der Waals surface area contributed by atoms with Crippen LogP contribution in [0.4, 0.5) is 0 Å². The largest absolute Gasteiger partial charge is 0.388 e. The Hall–Kier alpha value is -1.22. The molecule has 1 N–H and O–H groups in total. The Labute approximate surface area is 145 Å². The topological polar surface area (TPSA) is 54.4 Å². The minimum absolute atomic E-state index is 0.0595. The smallest absolute Gasteiger partial charge is 0.155 e. The SMILES string of the molecule is C=C1CC2C3CCC4=CC(=O)CCC4C3CCC2(C)[C@H]1O.CC=O. The zero-order valence-electron chi connectivity index (χ0n) is 15.0. The fourth-order valence-corrected chi connectivity index (χ4v) is 6.11. The summed E-state index contributed by atoms with van der Waals surface area (Å²) >= 11 is 0. The van der Waals surface area contributed by atoms with Crippen molar-refractivity contribution in [3.8, 4) is 0 Å². The van der Waals surface area contributed by atoms with Gasteiger partial charge in [-0.2, -0.15) is 0 Å². The maximum atomic E-state index is 11.7. The van der Waals surface area contributed by atoms with Crippen molar-refractivity contribution in [1.82, 2.24) is 0 Å². The van der Waals surface area contributed by atoms with Gasteiger partial charge >= 0.3 is 0 Å². The molecule has 3 fully saturated rings. The van der Waals surface area contributed by atoms with Crippen LogP contribution in [0, 0.1) is 29.1 Å². The number of fused-ring (bicyclic) bond motifs is 5. The van der Waals surface area contributed by atoms with E-state index in [2.05, 4.69) is 13.5 Å². The highest BCUT2D eigenvalue weighted by molar-refractivity contribution is 5.91. The molecule has 0 amide bonds. The molecule has 6 atom stereocenters. The molecule has 3 heteroatoms. The van der Waals surface area contributed by atoms with Gasteiger partial charge in [-0.15, -0.1) is 0 Å². The molecule has 0 aromatic carbocycles. The molecule has 0 aromatic heterocycles. The number of hydrogen-bond donors (Lipinski definition) is 1. The van der Waals surface area contributed by atoms with Crippen molar-refractivity contribution in [2.75, 3.05) is 0 Å². The van der Waals surface area contributed by atoms with Crippen LogP contribution in [0.5, 0.6) is 0 Å². The van der Waals surface area contributed by atoms with Gasteiger partial charge in [0.05, 0.1) is 6.10 Å². The van der Waals surface area contributed by atoms with E-state index in [0.29, 0.717) is 17.6 Å². The Morgan fingerprint density at radius 3 is 2.67 bits per heavy atom. The van der Waals surface area contributed by atoms with E-state index in [1.165, 1.54) is 25.3 Å². The van der Waals surface area contributed by atoms with Crippen molar-refractivity contribution < 1.29 is 14.7 Å². The van der Waals surface area contributed by atoms with Crippen LogP contribution in [0.15, 0.2) is 23.8 Å². The first-order chi connectivity index (χ1) is 11.4. The molecule has 132 valence electrons. The zero-order chi connectivity index (χ0) is 17.5. The number of allylic oxidation sites excluding steroid dienone is 1. The summed E-state index contributed by atoms with van der Waals surface area (Å²) in [6.45, 7) is 7.86. The summed E-state index contributed by atoms with van der Waals surface area (Å²) in [5, 5.41) is 10.6. The van der Waals surface area contributed by atoms with E-state index in [1.54, 1.807) is 0 Å². The minimum Gasteiger partial charge on any atom is -0.388 e. The van der Waals surface area contributed by atoms with Crippen LogP contribution in [-0.2, 0) is 9.59 Å². The molecule has 3 saturated carbocycles. The predicted molar refractivity (Wildman–Crippen MR) is 94.4 cm³/mol. The number of rotatable bonds is 0. The van der Waals surface area contributed by atoms with Crippen molar-refractivity contribution >= 4 is 12.1 Å². The molecule has 0 bridgehead atoms. The van der Waals surface area contributed by atoms with Gasteiger partial charge in [0.15, 0.2) is 5.78 Å². The van der Waals surface area contributed by atoms with Crippen LogP contribution < -0.4 is 0 Å². The van der Waals surface area contributed by atoms with Gasteiger partial charge in [0.2, 0.25) is 0 Å². The molecule has 24 heavy (non-hydrogen) atoms. The van der Waals surface area contributed by atoms with Gasteiger partial charge < -0.3 is 9.90 Å². The van der Waals surface area contributed by atoms with Crippen LogP contribution in [0.2, 0.25) is 0 Å². The molecule has 4 aliphatic rings. The maximum absolute atomic E-state index is 11.7. The van der Waals surface area contributed by atoms with Crippen molar-refractivity contribution in [3.63, 3.8) is 0 Å². The van der Waals surface area contributed by atoms with E-state index in [1.807, 2.05) is 6.08 Å². The van der Waals surface area contributed by atoms with Crippen LogP contribution in [0.25, 0.3) is 0 Å². The van der Waals surface area contributed by atoms with E-state index < -0.39 is 0 Å².